The molecule has 5 heteroatoms. The van der Waals surface area contributed by atoms with Crippen molar-refractivity contribution in [2.45, 2.75) is 20.8 Å². The van der Waals surface area contributed by atoms with Crippen molar-refractivity contribution >= 4 is 17.7 Å². The number of carbonyl (C=O) groups is 2. The molecule has 1 aliphatic rings. The van der Waals surface area contributed by atoms with E-state index >= 15 is 0 Å². The highest BCUT2D eigenvalue weighted by atomic mass is 16.4. The molecule has 1 aliphatic heterocycles. The van der Waals surface area contributed by atoms with Gasteiger partial charge in [0.05, 0.1) is 5.92 Å². The molecule has 2 amide bonds. The van der Waals surface area contributed by atoms with Crippen molar-refractivity contribution in [3.8, 4) is 0 Å². The molecule has 2 atom stereocenters. The third-order valence-corrected chi connectivity index (χ3v) is 4.06. The summed E-state index contributed by atoms with van der Waals surface area (Å²) in [6.07, 6.45) is 0. The maximum atomic E-state index is 12.7. The third kappa shape index (κ3) is 3.17. The summed E-state index contributed by atoms with van der Waals surface area (Å²) in [5.74, 6) is -1.30. The lowest BCUT2D eigenvalue weighted by Gasteiger charge is -2.27. The standard InChI is InChI=1S/C16H22N2O3/c1-4-18(13-7-5-6-11(2)8-13)16(21)17-9-12(3)14(10-17)15(19)20/h5-8,12,14H,4,9-10H2,1-3H3,(H,19,20). The summed E-state index contributed by atoms with van der Waals surface area (Å²) < 4.78 is 0. The number of likely N-dealkylation sites (tertiary alicyclic amines) is 1. The Kier molecular flexibility index (Phi) is 4.50. The Morgan fingerprint density at radius 1 is 1.38 bits per heavy atom. The number of hydrogen-bond acceptors (Lipinski definition) is 2. The van der Waals surface area contributed by atoms with Crippen LogP contribution in [0.2, 0.25) is 0 Å². The summed E-state index contributed by atoms with van der Waals surface area (Å²) >= 11 is 0. The second-order valence-electron chi connectivity index (χ2n) is 5.69. The van der Waals surface area contributed by atoms with Crippen LogP contribution in [0.3, 0.4) is 0 Å². The number of urea groups is 1. The zero-order chi connectivity index (χ0) is 15.6. The number of carbonyl (C=O) groups excluding carboxylic acids is 1. The highest BCUT2D eigenvalue weighted by Gasteiger charge is 2.38. The highest BCUT2D eigenvalue weighted by molar-refractivity contribution is 5.92. The van der Waals surface area contributed by atoms with E-state index in [4.69, 9.17) is 0 Å². The lowest BCUT2D eigenvalue weighted by molar-refractivity contribution is -0.142. The lowest BCUT2D eigenvalue weighted by atomic mass is 9.99. The molecule has 0 spiro atoms. The molecule has 1 aromatic rings. The average Bonchev–Trinajstić information content (AvgIpc) is 2.82. The van der Waals surface area contributed by atoms with Crippen LogP contribution < -0.4 is 4.90 Å². The maximum absolute atomic E-state index is 12.7. The van der Waals surface area contributed by atoms with Crippen molar-refractivity contribution < 1.29 is 14.7 Å². The zero-order valence-corrected chi connectivity index (χ0v) is 12.7. The zero-order valence-electron chi connectivity index (χ0n) is 12.7. The highest BCUT2D eigenvalue weighted by Crippen LogP contribution is 2.26. The fourth-order valence-electron chi connectivity index (χ4n) is 2.84. The van der Waals surface area contributed by atoms with Gasteiger partial charge >= 0.3 is 12.0 Å². The Balaban J connectivity index is 2.16. The Morgan fingerprint density at radius 2 is 2.10 bits per heavy atom. The Bertz CT molecular complexity index is 544. The van der Waals surface area contributed by atoms with Gasteiger partial charge in [-0.15, -0.1) is 0 Å². The second-order valence-corrected chi connectivity index (χ2v) is 5.69. The molecule has 0 aliphatic carbocycles. The first kappa shape index (κ1) is 15.4. The van der Waals surface area contributed by atoms with E-state index in [1.807, 2.05) is 45.0 Å². The molecule has 0 radical (unpaired) electrons. The van der Waals surface area contributed by atoms with E-state index < -0.39 is 11.9 Å². The van der Waals surface area contributed by atoms with Crippen molar-refractivity contribution in [2.24, 2.45) is 11.8 Å². The van der Waals surface area contributed by atoms with Gasteiger partial charge < -0.3 is 10.0 Å². The molecule has 0 aromatic heterocycles. The van der Waals surface area contributed by atoms with Crippen molar-refractivity contribution in [3.05, 3.63) is 29.8 Å². The smallest absolute Gasteiger partial charge is 0.324 e. The number of nitrogens with zero attached hydrogens (tertiary/aromatic N) is 2. The summed E-state index contributed by atoms with van der Waals surface area (Å²) in [7, 11) is 0. The van der Waals surface area contributed by atoms with Crippen LogP contribution in [-0.4, -0.2) is 41.6 Å². The van der Waals surface area contributed by atoms with Crippen molar-refractivity contribution in [1.29, 1.82) is 0 Å². The molecule has 1 N–H and O–H groups in total. The van der Waals surface area contributed by atoms with Gasteiger partial charge in [-0.05, 0) is 37.5 Å². The molecule has 1 heterocycles. The predicted octanol–water partition coefficient (Wildman–Crippen LogP) is 2.59. The molecule has 21 heavy (non-hydrogen) atoms. The quantitative estimate of drug-likeness (QED) is 0.930. The molecule has 114 valence electrons. The lowest BCUT2D eigenvalue weighted by Crippen LogP contribution is -2.42. The minimum Gasteiger partial charge on any atom is -0.481 e. The van der Waals surface area contributed by atoms with Crippen LogP contribution in [0.1, 0.15) is 19.4 Å². The van der Waals surface area contributed by atoms with E-state index in [-0.39, 0.29) is 18.5 Å². The first-order valence-corrected chi connectivity index (χ1v) is 7.30. The Morgan fingerprint density at radius 3 is 2.62 bits per heavy atom. The molecule has 5 nitrogen and oxygen atoms in total. The van der Waals surface area contributed by atoms with Gasteiger partial charge in [-0.2, -0.15) is 0 Å². The van der Waals surface area contributed by atoms with Crippen molar-refractivity contribution in [2.75, 3.05) is 24.5 Å². The minimum absolute atomic E-state index is 0.0114. The van der Waals surface area contributed by atoms with Crippen LogP contribution in [0.4, 0.5) is 10.5 Å². The molecule has 2 rings (SSSR count). The number of carboxylic acid groups (broad SMARTS) is 1. The number of hydrogen-bond donors (Lipinski definition) is 1. The van der Waals surface area contributed by atoms with E-state index in [2.05, 4.69) is 0 Å². The SMILES string of the molecule is CCN(C(=O)N1CC(C)C(C(=O)O)C1)c1cccc(C)c1. The van der Waals surface area contributed by atoms with Crippen LogP contribution in [0.15, 0.2) is 24.3 Å². The maximum Gasteiger partial charge on any atom is 0.324 e. The number of benzene rings is 1. The van der Waals surface area contributed by atoms with Gasteiger partial charge in [0, 0.05) is 25.3 Å². The molecule has 1 fully saturated rings. The number of anilines is 1. The van der Waals surface area contributed by atoms with Crippen LogP contribution >= 0.6 is 0 Å². The first-order valence-electron chi connectivity index (χ1n) is 7.30. The van der Waals surface area contributed by atoms with E-state index in [0.717, 1.165) is 11.3 Å². The average molecular weight is 290 g/mol. The molecular weight excluding hydrogens is 268 g/mol. The molecule has 1 aromatic carbocycles. The fraction of sp³-hybridized carbons (Fsp3) is 0.500. The largest absolute Gasteiger partial charge is 0.481 e. The number of amides is 2. The van der Waals surface area contributed by atoms with Gasteiger partial charge in [-0.1, -0.05) is 19.1 Å². The minimum atomic E-state index is -0.823. The van der Waals surface area contributed by atoms with Crippen LogP contribution in [-0.2, 0) is 4.79 Å². The summed E-state index contributed by atoms with van der Waals surface area (Å²) in [4.78, 5) is 27.2. The second kappa shape index (κ2) is 6.16. The number of aliphatic carboxylic acids is 1. The van der Waals surface area contributed by atoms with E-state index in [1.54, 1.807) is 9.80 Å². The predicted molar refractivity (Wildman–Crippen MR) is 81.5 cm³/mol. The molecule has 0 saturated carbocycles. The normalized spacial score (nSPS) is 21.4. The first-order chi connectivity index (χ1) is 9.93. The summed E-state index contributed by atoms with van der Waals surface area (Å²) in [5, 5.41) is 9.18. The van der Waals surface area contributed by atoms with Gasteiger partial charge in [0.15, 0.2) is 0 Å². The summed E-state index contributed by atoms with van der Waals surface area (Å²) in [6.45, 7) is 7.14. The molecular formula is C16H22N2O3. The topological polar surface area (TPSA) is 60.9 Å². The van der Waals surface area contributed by atoms with Gasteiger partial charge in [-0.3, -0.25) is 9.69 Å². The molecule has 1 saturated heterocycles. The Hall–Kier alpha value is -2.04. The fourth-order valence-corrected chi connectivity index (χ4v) is 2.84. The number of carboxylic acids is 1. The van der Waals surface area contributed by atoms with E-state index in [0.29, 0.717) is 13.1 Å². The van der Waals surface area contributed by atoms with Crippen molar-refractivity contribution in [3.63, 3.8) is 0 Å². The van der Waals surface area contributed by atoms with Gasteiger partial charge in [-0.25, -0.2) is 4.79 Å². The summed E-state index contributed by atoms with van der Waals surface area (Å²) in [6, 6.07) is 7.67. The summed E-state index contributed by atoms with van der Waals surface area (Å²) in [5.41, 5.74) is 1.95. The van der Waals surface area contributed by atoms with E-state index in [9.17, 15) is 14.7 Å². The van der Waals surface area contributed by atoms with E-state index in [1.165, 1.54) is 0 Å². The van der Waals surface area contributed by atoms with Gasteiger partial charge in [0.2, 0.25) is 0 Å². The number of rotatable bonds is 3. The number of aryl methyl sites for hydroxylation is 1. The third-order valence-electron chi connectivity index (χ3n) is 4.06. The van der Waals surface area contributed by atoms with Crippen LogP contribution in [0.25, 0.3) is 0 Å². The monoisotopic (exact) mass is 290 g/mol. The molecule has 0 bridgehead atoms. The van der Waals surface area contributed by atoms with Gasteiger partial charge in [0.25, 0.3) is 0 Å². The van der Waals surface area contributed by atoms with Crippen molar-refractivity contribution in [1.82, 2.24) is 4.90 Å². The van der Waals surface area contributed by atoms with Crippen LogP contribution in [0, 0.1) is 18.8 Å². The van der Waals surface area contributed by atoms with Gasteiger partial charge in [0.1, 0.15) is 0 Å². The van der Waals surface area contributed by atoms with Crippen LogP contribution in [0.5, 0.6) is 0 Å². The molecule has 2 unspecified atom stereocenters. The Labute approximate surface area is 125 Å².